The Kier molecular flexibility index (Phi) is 5.43. The normalized spacial score (nSPS) is 11.6. The summed E-state index contributed by atoms with van der Waals surface area (Å²) in [6.45, 7) is -0.500. The zero-order valence-corrected chi connectivity index (χ0v) is 12.9. The van der Waals surface area contributed by atoms with Gasteiger partial charge in [0.15, 0.2) is 29.1 Å². The number of Topliss-reactive ketones (excluding diaryl/α,β-unsaturated/α-hetero) is 1. The van der Waals surface area contributed by atoms with E-state index in [-0.39, 0.29) is 17.1 Å². The molecule has 6 heteroatoms. The van der Waals surface area contributed by atoms with Crippen molar-refractivity contribution in [2.75, 3.05) is 20.8 Å². The van der Waals surface area contributed by atoms with Gasteiger partial charge in [0, 0.05) is 5.56 Å². The third kappa shape index (κ3) is 3.73. The number of para-hydroxylation sites is 2. The van der Waals surface area contributed by atoms with Gasteiger partial charge in [-0.05, 0) is 30.3 Å². The first-order chi connectivity index (χ1) is 11.1. The number of ketones is 1. The summed E-state index contributed by atoms with van der Waals surface area (Å²) >= 11 is 0. The predicted octanol–water partition coefficient (Wildman–Crippen LogP) is 2.03. The number of ether oxygens (including phenoxy) is 3. The summed E-state index contributed by atoms with van der Waals surface area (Å²) in [6, 6.07) is 11.0. The number of hydrogen-bond donors (Lipinski definition) is 2. The summed E-state index contributed by atoms with van der Waals surface area (Å²) in [5.74, 6) is 0.479. The summed E-state index contributed by atoms with van der Waals surface area (Å²) in [5, 5.41) is 19.1. The van der Waals surface area contributed by atoms with Crippen LogP contribution in [0.4, 0.5) is 0 Å². The molecular weight excluding hydrogens is 300 g/mol. The number of phenolic OH excluding ortho intramolecular Hbond substituents is 1. The molecule has 0 aliphatic rings. The second-order valence-electron chi connectivity index (χ2n) is 4.69. The quantitative estimate of drug-likeness (QED) is 0.760. The minimum atomic E-state index is -1.10. The molecule has 122 valence electrons. The predicted molar refractivity (Wildman–Crippen MR) is 83.5 cm³/mol. The van der Waals surface area contributed by atoms with Gasteiger partial charge in [-0.15, -0.1) is 0 Å². The van der Waals surface area contributed by atoms with E-state index in [1.54, 1.807) is 24.3 Å². The van der Waals surface area contributed by atoms with Crippen molar-refractivity contribution >= 4 is 5.78 Å². The maximum atomic E-state index is 12.5. The van der Waals surface area contributed by atoms with E-state index in [1.165, 1.54) is 32.4 Å². The fourth-order valence-electron chi connectivity index (χ4n) is 2.06. The second kappa shape index (κ2) is 7.51. The largest absolute Gasteiger partial charge is 0.504 e. The van der Waals surface area contributed by atoms with Crippen LogP contribution in [0.3, 0.4) is 0 Å². The molecule has 0 aliphatic carbocycles. The Morgan fingerprint density at radius 3 is 2.30 bits per heavy atom. The van der Waals surface area contributed by atoms with Crippen molar-refractivity contribution in [3.8, 4) is 23.0 Å². The summed E-state index contributed by atoms with van der Waals surface area (Å²) in [7, 11) is 2.88. The molecule has 2 aromatic carbocycles. The molecular formula is C17H18O6. The molecule has 0 heterocycles. The third-order valence-electron chi connectivity index (χ3n) is 3.26. The van der Waals surface area contributed by atoms with Crippen LogP contribution in [0.5, 0.6) is 23.0 Å². The van der Waals surface area contributed by atoms with E-state index in [4.69, 9.17) is 14.2 Å². The van der Waals surface area contributed by atoms with Crippen molar-refractivity contribution in [2.45, 2.75) is 6.10 Å². The highest BCUT2D eigenvalue weighted by molar-refractivity contribution is 6.00. The first-order valence-electron chi connectivity index (χ1n) is 6.92. The summed E-state index contributed by atoms with van der Waals surface area (Å²) in [5.41, 5.74) is 0.258. The van der Waals surface area contributed by atoms with Crippen LogP contribution in [0.2, 0.25) is 0 Å². The first kappa shape index (κ1) is 16.6. The van der Waals surface area contributed by atoms with Crippen LogP contribution in [0.1, 0.15) is 10.4 Å². The Morgan fingerprint density at radius 2 is 1.70 bits per heavy atom. The number of methoxy groups -OCH3 is 2. The summed E-state index contributed by atoms with van der Waals surface area (Å²) < 4.78 is 15.7. The average molecular weight is 318 g/mol. The number of hydrogen-bond acceptors (Lipinski definition) is 6. The summed E-state index contributed by atoms with van der Waals surface area (Å²) in [6.07, 6.45) is -1.10. The van der Waals surface area contributed by atoms with E-state index in [0.29, 0.717) is 11.5 Å². The highest BCUT2D eigenvalue weighted by atomic mass is 16.5. The van der Waals surface area contributed by atoms with E-state index >= 15 is 0 Å². The van der Waals surface area contributed by atoms with Crippen LogP contribution in [-0.2, 0) is 0 Å². The molecule has 0 unspecified atom stereocenters. The zero-order chi connectivity index (χ0) is 16.8. The van der Waals surface area contributed by atoms with Crippen LogP contribution in [0.25, 0.3) is 0 Å². The van der Waals surface area contributed by atoms with Crippen molar-refractivity contribution in [2.24, 2.45) is 0 Å². The highest BCUT2D eigenvalue weighted by Crippen LogP contribution is 2.29. The molecule has 2 aromatic rings. The van der Waals surface area contributed by atoms with Crippen LogP contribution in [0, 0.1) is 0 Å². The van der Waals surface area contributed by atoms with Crippen LogP contribution < -0.4 is 14.2 Å². The monoisotopic (exact) mass is 318 g/mol. The van der Waals surface area contributed by atoms with Gasteiger partial charge < -0.3 is 24.4 Å². The van der Waals surface area contributed by atoms with Crippen molar-refractivity contribution in [3.05, 3.63) is 48.0 Å². The Bertz CT molecular complexity index is 683. The van der Waals surface area contributed by atoms with Gasteiger partial charge in [-0.3, -0.25) is 4.79 Å². The number of benzene rings is 2. The number of carbonyl (C=O) groups excluding carboxylic acids is 1. The Balaban J connectivity index is 2.25. The van der Waals surface area contributed by atoms with Gasteiger partial charge in [0.25, 0.3) is 0 Å². The van der Waals surface area contributed by atoms with E-state index in [1.807, 2.05) is 0 Å². The molecule has 23 heavy (non-hydrogen) atoms. The fraction of sp³-hybridized carbons (Fsp3) is 0.235. The Labute approximate surface area is 133 Å². The van der Waals surface area contributed by atoms with Gasteiger partial charge >= 0.3 is 0 Å². The molecule has 0 spiro atoms. The van der Waals surface area contributed by atoms with E-state index in [0.717, 1.165) is 0 Å². The maximum absolute atomic E-state index is 12.5. The highest BCUT2D eigenvalue weighted by Gasteiger charge is 2.23. The average Bonchev–Trinajstić information content (AvgIpc) is 2.59. The van der Waals surface area contributed by atoms with Gasteiger partial charge in [0.1, 0.15) is 0 Å². The lowest BCUT2D eigenvalue weighted by atomic mass is 10.1. The molecule has 0 saturated carbocycles. The number of carbonyl (C=O) groups is 1. The lowest BCUT2D eigenvalue weighted by Gasteiger charge is -2.18. The minimum Gasteiger partial charge on any atom is -0.504 e. The molecule has 0 aliphatic heterocycles. The van der Waals surface area contributed by atoms with Gasteiger partial charge in [0.05, 0.1) is 20.8 Å². The van der Waals surface area contributed by atoms with Gasteiger partial charge in [-0.1, -0.05) is 12.1 Å². The topological polar surface area (TPSA) is 85.2 Å². The zero-order valence-electron chi connectivity index (χ0n) is 12.9. The van der Waals surface area contributed by atoms with Crippen molar-refractivity contribution in [3.63, 3.8) is 0 Å². The third-order valence-corrected chi connectivity index (χ3v) is 3.26. The lowest BCUT2D eigenvalue weighted by Crippen LogP contribution is -2.31. The molecule has 0 saturated heterocycles. The number of aliphatic hydroxyl groups is 1. The van der Waals surface area contributed by atoms with E-state index in [2.05, 4.69) is 0 Å². The Morgan fingerprint density at radius 1 is 1.04 bits per heavy atom. The SMILES string of the molecule is COc1cc(C(=O)[C@H](CO)Oc2ccccc2OC)ccc1O. The molecule has 0 fully saturated rings. The number of aliphatic hydroxyl groups excluding tert-OH is 1. The van der Waals surface area contributed by atoms with Crippen LogP contribution in [-0.4, -0.2) is 42.9 Å². The lowest BCUT2D eigenvalue weighted by molar-refractivity contribution is 0.0651. The molecule has 2 N–H and O–H groups in total. The van der Waals surface area contributed by atoms with Crippen LogP contribution >= 0.6 is 0 Å². The molecule has 0 amide bonds. The molecule has 2 rings (SSSR count). The van der Waals surface area contributed by atoms with Crippen molar-refractivity contribution in [1.29, 1.82) is 0 Å². The van der Waals surface area contributed by atoms with E-state index < -0.39 is 18.5 Å². The number of aromatic hydroxyl groups is 1. The molecule has 0 radical (unpaired) electrons. The minimum absolute atomic E-state index is 0.0738. The second-order valence-corrected chi connectivity index (χ2v) is 4.69. The Hall–Kier alpha value is -2.73. The molecule has 1 atom stereocenters. The van der Waals surface area contributed by atoms with Crippen molar-refractivity contribution < 1.29 is 29.2 Å². The summed E-state index contributed by atoms with van der Waals surface area (Å²) in [4.78, 5) is 12.5. The fourth-order valence-corrected chi connectivity index (χ4v) is 2.06. The molecule has 6 nitrogen and oxygen atoms in total. The van der Waals surface area contributed by atoms with Gasteiger partial charge in [-0.2, -0.15) is 0 Å². The van der Waals surface area contributed by atoms with Gasteiger partial charge in [-0.25, -0.2) is 0 Å². The van der Waals surface area contributed by atoms with Gasteiger partial charge in [0.2, 0.25) is 5.78 Å². The smallest absolute Gasteiger partial charge is 0.205 e. The molecule has 0 bridgehead atoms. The van der Waals surface area contributed by atoms with Crippen molar-refractivity contribution in [1.82, 2.24) is 0 Å². The maximum Gasteiger partial charge on any atom is 0.205 e. The number of phenols is 1. The number of rotatable bonds is 7. The first-order valence-corrected chi connectivity index (χ1v) is 6.92. The van der Waals surface area contributed by atoms with Crippen LogP contribution in [0.15, 0.2) is 42.5 Å². The standard InChI is InChI=1S/C17H18O6/c1-21-13-5-3-4-6-14(13)23-16(10-18)17(20)11-7-8-12(19)15(9-11)22-2/h3-9,16,18-19H,10H2,1-2H3/t16-/m0/s1. The molecule has 0 aromatic heterocycles. The van der Waals surface area contributed by atoms with E-state index in [9.17, 15) is 15.0 Å².